The van der Waals surface area contributed by atoms with Crippen molar-refractivity contribution >= 4 is 23.2 Å². The molecular formula is C28H35FN6O3. The highest BCUT2D eigenvalue weighted by atomic mass is 19.1. The molecule has 0 saturated carbocycles. The molecule has 1 amide bonds. The Labute approximate surface area is 222 Å². The maximum absolute atomic E-state index is 15.0. The van der Waals surface area contributed by atoms with Crippen LogP contribution in [0, 0.1) is 0 Å². The largest absolute Gasteiger partial charge is 0.486 e. The number of aromatic nitrogens is 2. The lowest BCUT2D eigenvalue weighted by molar-refractivity contribution is -0.129. The standard InChI is InChI=1S/C28H35FN6O3/c1-2-26(36)35-10-7-24(22(29)16-35)33-8-5-19(6-9-33)20-3-4-25-23(15-20)32-27-21(17-38-25)28(31-18-30-27)34-11-13-37-14-12-34/h2-4,15,18-19,22,24H,1,5-14,16-17H2,(H,30,31,32). The number of halogens is 1. The fourth-order valence-corrected chi connectivity index (χ4v) is 6.19. The smallest absolute Gasteiger partial charge is 0.246 e. The number of anilines is 3. The number of nitrogens with zero attached hydrogens (tertiary/aromatic N) is 5. The van der Waals surface area contributed by atoms with E-state index in [1.807, 2.05) is 6.07 Å². The Hall–Kier alpha value is -3.24. The number of benzene rings is 1. The molecule has 38 heavy (non-hydrogen) atoms. The molecule has 0 aliphatic carbocycles. The molecular weight excluding hydrogens is 487 g/mol. The predicted molar refractivity (Wildman–Crippen MR) is 143 cm³/mol. The number of hydrogen-bond acceptors (Lipinski definition) is 8. The van der Waals surface area contributed by atoms with Gasteiger partial charge in [-0.1, -0.05) is 12.6 Å². The van der Waals surface area contributed by atoms with E-state index in [9.17, 15) is 9.18 Å². The summed E-state index contributed by atoms with van der Waals surface area (Å²) >= 11 is 0. The van der Waals surface area contributed by atoms with E-state index in [1.165, 1.54) is 11.6 Å². The van der Waals surface area contributed by atoms with Gasteiger partial charge in [-0.25, -0.2) is 14.4 Å². The van der Waals surface area contributed by atoms with Crippen LogP contribution in [0.15, 0.2) is 37.2 Å². The molecule has 5 heterocycles. The molecule has 1 aromatic carbocycles. The van der Waals surface area contributed by atoms with Gasteiger partial charge in [0, 0.05) is 25.7 Å². The van der Waals surface area contributed by atoms with E-state index >= 15 is 0 Å². The number of morpholine rings is 1. The number of rotatable bonds is 4. The molecule has 0 radical (unpaired) electrons. The minimum Gasteiger partial charge on any atom is -0.486 e. The highest BCUT2D eigenvalue weighted by Gasteiger charge is 2.36. The zero-order valence-electron chi connectivity index (χ0n) is 21.6. The van der Waals surface area contributed by atoms with Crippen LogP contribution in [0.5, 0.6) is 5.75 Å². The van der Waals surface area contributed by atoms with Crippen molar-refractivity contribution < 1.29 is 18.7 Å². The number of nitrogens with one attached hydrogen (secondary N) is 1. The number of carbonyl (C=O) groups excluding carboxylic acids is 1. The monoisotopic (exact) mass is 522 g/mol. The van der Waals surface area contributed by atoms with Crippen molar-refractivity contribution in [1.29, 1.82) is 0 Å². The maximum atomic E-state index is 15.0. The lowest BCUT2D eigenvalue weighted by atomic mass is 9.87. The molecule has 4 aliphatic rings. The van der Waals surface area contributed by atoms with E-state index in [0.717, 1.165) is 67.7 Å². The molecule has 4 aliphatic heterocycles. The van der Waals surface area contributed by atoms with Gasteiger partial charge in [0.15, 0.2) is 0 Å². The summed E-state index contributed by atoms with van der Waals surface area (Å²) in [5, 5.41) is 3.51. The first-order valence-corrected chi connectivity index (χ1v) is 13.6. The van der Waals surface area contributed by atoms with Crippen LogP contribution < -0.4 is 15.0 Å². The van der Waals surface area contributed by atoms with Crippen LogP contribution in [0.1, 0.15) is 36.3 Å². The van der Waals surface area contributed by atoms with Crippen molar-refractivity contribution in [3.8, 4) is 5.75 Å². The van der Waals surface area contributed by atoms with Gasteiger partial charge < -0.3 is 24.6 Å². The Morgan fingerprint density at radius 3 is 2.68 bits per heavy atom. The Morgan fingerprint density at radius 1 is 1.11 bits per heavy atom. The SMILES string of the molecule is C=CC(=O)N1CCC(N2CCC(c3ccc4c(c3)Nc3ncnc(N5CCOCC5)c3CO4)CC2)C(F)C1. The zero-order chi connectivity index (χ0) is 26.1. The van der Waals surface area contributed by atoms with Crippen molar-refractivity contribution in [3.05, 3.63) is 48.3 Å². The molecule has 6 rings (SSSR count). The number of ether oxygens (including phenoxy) is 2. The highest BCUT2D eigenvalue weighted by Crippen LogP contribution is 2.39. The number of alkyl halides is 1. The molecule has 2 aromatic rings. The van der Waals surface area contributed by atoms with Crippen molar-refractivity contribution in [3.63, 3.8) is 0 Å². The summed E-state index contributed by atoms with van der Waals surface area (Å²) < 4.78 is 26.7. The van der Waals surface area contributed by atoms with Gasteiger partial charge in [-0.3, -0.25) is 9.69 Å². The van der Waals surface area contributed by atoms with E-state index < -0.39 is 6.17 Å². The lowest BCUT2D eigenvalue weighted by Gasteiger charge is -2.43. The Balaban J connectivity index is 1.12. The number of likely N-dealkylation sites (tertiary alicyclic amines) is 2. The van der Waals surface area contributed by atoms with Crippen molar-refractivity contribution in [2.45, 2.75) is 44.0 Å². The molecule has 2 atom stereocenters. The van der Waals surface area contributed by atoms with Gasteiger partial charge in [-0.2, -0.15) is 0 Å². The molecule has 9 nitrogen and oxygen atoms in total. The van der Waals surface area contributed by atoms with Crippen LogP contribution in [0.3, 0.4) is 0 Å². The Kier molecular flexibility index (Phi) is 7.16. The number of piperidine rings is 2. The quantitative estimate of drug-likeness (QED) is 0.613. The first-order valence-electron chi connectivity index (χ1n) is 13.6. The molecule has 1 N–H and O–H groups in total. The fourth-order valence-electron chi connectivity index (χ4n) is 6.19. The average Bonchev–Trinajstić information content (AvgIpc) is 3.16. The van der Waals surface area contributed by atoms with E-state index in [4.69, 9.17) is 9.47 Å². The maximum Gasteiger partial charge on any atom is 0.246 e. The van der Waals surface area contributed by atoms with Gasteiger partial charge in [-0.15, -0.1) is 0 Å². The topological polar surface area (TPSA) is 83.1 Å². The van der Waals surface area contributed by atoms with Gasteiger partial charge in [0.05, 0.1) is 31.0 Å². The predicted octanol–water partition coefficient (Wildman–Crippen LogP) is 3.25. The van der Waals surface area contributed by atoms with Crippen LogP contribution in [0.4, 0.5) is 21.7 Å². The van der Waals surface area contributed by atoms with Gasteiger partial charge >= 0.3 is 0 Å². The van der Waals surface area contributed by atoms with Crippen LogP contribution >= 0.6 is 0 Å². The first-order chi connectivity index (χ1) is 18.6. The minimum absolute atomic E-state index is 0.122. The zero-order valence-corrected chi connectivity index (χ0v) is 21.6. The third kappa shape index (κ3) is 4.94. The van der Waals surface area contributed by atoms with Crippen molar-refractivity contribution in [2.24, 2.45) is 0 Å². The second-order valence-electron chi connectivity index (χ2n) is 10.5. The summed E-state index contributed by atoms with van der Waals surface area (Å²) in [5.74, 6) is 2.70. The minimum atomic E-state index is -1.03. The summed E-state index contributed by atoms with van der Waals surface area (Å²) in [6.45, 7) is 9.36. The summed E-state index contributed by atoms with van der Waals surface area (Å²) in [4.78, 5) is 27.1. The van der Waals surface area contributed by atoms with E-state index in [0.29, 0.717) is 38.7 Å². The summed E-state index contributed by atoms with van der Waals surface area (Å²) in [6, 6.07) is 6.26. The molecule has 202 valence electrons. The second kappa shape index (κ2) is 10.9. The molecule has 3 saturated heterocycles. The van der Waals surface area contributed by atoms with Crippen molar-refractivity contribution in [1.82, 2.24) is 19.8 Å². The van der Waals surface area contributed by atoms with Gasteiger partial charge in [0.2, 0.25) is 5.91 Å². The third-order valence-corrected chi connectivity index (χ3v) is 8.33. The summed E-state index contributed by atoms with van der Waals surface area (Å²) in [5.41, 5.74) is 3.13. The number of amides is 1. The normalized spacial score (nSPS) is 24.4. The molecule has 0 bridgehead atoms. The van der Waals surface area contributed by atoms with Gasteiger partial charge in [-0.05, 0) is 62.0 Å². The van der Waals surface area contributed by atoms with Crippen LogP contribution in [-0.4, -0.2) is 90.4 Å². The van der Waals surface area contributed by atoms with E-state index in [2.05, 4.69) is 43.8 Å². The molecule has 1 aromatic heterocycles. The third-order valence-electron chi connectivity index (χ3n) is 8.33. The van der Waals surface area contributed by atoms with Crippen molar-refractivity contribution in [2.75, 3.05) is 62.7 Å². The Morgan fingerprint density at radius 2 is 1.92 bits per heavy atom. The summed E-state index contributed by atoms with van der Waals surface area (Å²) in [7, 11) is 0. The summed E-state index contributed by atoms with van der Waals surface area (Å²) in [6.07, 6.45) is 4.46. The molecule has 10 heteroatoms. The lowest BCUT2D eigenvalue weighted by Crippen LogP contribution is -2.55. The Bertz CT molecular complexity index is 1180. The molecule has 3 fully saturated rings. The number of fused-ring (bicyclic) bond motifs is 2. The van der Waals surface area contributed by atoms with Crippen LogP contribution in [-0.2, 0) is 16.1 Å². The van der Waals surface area contributed by atoms with E-state index in [-0.39, 0.29) is 18.5 Å². The van der Waals surface area contributed by atoms with Crippen LogP contribution in [0.2, 0.25) is 0 Å². The molecule has 2 unspecified atom stereocenters. The second-order valence-corrected chi connectivity index (χ2v) is 10.5. The number of hydrogen-bond donors (Lipinski definition) is 1. The van der Waals surface area contributed by atoms with E-state index in [1.54, 1.807) is 11.2 Å². The molecule has 0 spiro atoms. The van der Waals surface area contributed by atoms with Gasteiger partial charge in [0.25, 0.3) is 0 Å². The fraction of sp³-hybridized carbons (Fsp3) is 0.536. The van der Waals surface area contributed by atoms with Gasteiger partial charge in [0.1, 0.15) is 36.5 Å². The first kappa shape index (κ1) is 25.1. The van der Waals surface area contributed by atoms with Crippen LogP contribution in [0.25, 0.3) is 0 Å². The average molecular weight is 523 g/mol. The highest BCUT2D eigenvalue weighted by molar-refractivity contribution is 5.87. The number of carbonyl (C=O) groups is 1.